The number of nitrogens with zero attached hydrogens (tertiary/aromatic N) is 1. The molecule has 1 N–H and O–H groups in total. The van der Waals surface area contributed by atoms with Crippen LogP contribution in [0.4, 0.5) is 14.5 Å². The molecule has 0 aliphatic carbocycles. The van der Waals surface area contributed by atoms with E-state index in [2.05, 4.69) is 0 Å². The molecule has 34 heavy (non-hydrogen) atoms. The van der Waals surface area contributed by atoms with Gasteiger partial charge in [-0.2, -0.15) is 0 Å². The van der Waals surface area contributed by atoms with Crippen LogP contribution >= 0.6 is 11.3 Å². The largest absolute Gasteiger partial charge is 0.496 e. The molecule has 1 aliphatic rings. The van der Waals surface area contributed by atoms with Gasteiger partial charge in [0.05, 0.1) is 35.4 Å². The highest BCUT2D eigenvalue weighted by Crippen LogP contribution is 2.34. The van der Waals surface area contributed by atoms with Crippen LogP contribution < -0.4 is 9.64 Å². The SMILES string of the molecule is COc1cccc(F)c1CS(=O)(=O)c1ccc(F)c(N2C(=O)Cc3csc(C(=O)O)c3C2=O)c1. The van der Waals surface area contributed by atoms with E-state index >= 15 is 0 Å². The Morgan fingerprint density at radius 1 is 1.18 bits per heavy atom. The number of sulfone groups is 1. The molecule has 3 aromatic rings. The Bertz CT molecular complexity index is 1460. The standard InChI is InChI=1S/C22H15F2NO7S2/c1-32-17-4-2-3-14(23)13(17)10-34(30,31)12-5-6-15(24)16(8-12)25-18(26)7-11-9-33-20(22(28)29)19(11)21(25)27/h2-6,8-9H,7,10H2,1H3,(H,28,29). The number of amides is 2. The number of carboxylic acids is 1. The molecule has 0 saturated heterocycles. The van der Waals surface area contributed by atoms with Crippen molar-refractivity contribution < 1.29 is 41.4 Å². The summed E-state index contributed by atoms with van der Waals surface area (Å²) in [7, 11) is -3.03. The minimum absolute atomic E-state index is 0.00140. The smallest absolute Gasteiger partial charge is 0.346 e. The van der Waals surface area contributed by atoms with E-state index in [4.69, 9.17) is 4.74 Å². The molecule has 0 bridgehead atoms. The number of halogens is 2. The summed E-state index contributed by atoms with van der Waals surface area (Å²) in [4.78, 5) is 36.8. The number of aromatic carboxylic acids is 1. The molecule has 0 saturated carbocycles. The normalized spacial score (nSPS) is 13.7. The zero-order valence-electron chi connectivity index (χ0n) is 17.4. The Kier molecular flexibility index (Phi) is 5.96. The molecule has 0 radical (unpaired) electrons. The molecule has 0 spiro atoms. The van der Waals surface area contributed by atoms with E-state index in [9.17, 15) is 36.7 Å². The van der Waals surface area contributed by atoms with Crippen molar-refractivity contribution in [3.63, 3.8) is 0 Å². The molecule has 176 valence electrons. The average Bonchev–Trinajstić information content (AvgIpc) is 3.20. The van der Waals surface area contributed by atoms with Crippen molar-refractivity contribution in [2.75, 3.05) is 12.0 Å². The second kappa shape index (κ2) is 8.61. The predicted octanol–water partition coefficient (Wildman–Crippen LogP) is 3.44. The molecule has 2 heterocycles. The van der Waals surface area contributed by atoms with Crippen molar-refractivity contribution in [3.05, 3.63) is 75.0 Å². The van der Waals surface area contributed by atoms with Crippen molar-refractivity contribution in [1.82, 2.24) is 0 Å². The molecule has 0 fully saturated rings. The summed E-state index contributed by atoms with van der Waals surface area (Å²) < 4.78 is 60.1. The summed E-state index contributed by atoms with van der Waals surface area (Å²) in [5, 5.41) is 10.7. The van der Waals surface area contributed by atoms with Gasteiger partial charge in [-0.1, -0.05) is 6.07 Å². The molecular weight excluding hydrogens is 492 g/mol. The number of methoxy groups -OCH3 is 1. The molecule has 8 nitrogen and oxygen atoms in total. The van der Waals surface area contributed by atoms with Gasteiger partial charge >= 0.3 is 5.97 Å². The summed E-state index contributed by atoms with van der Waals surface area (Å²) >= 11 is 0.758. The lowest BCUT2D eigenvalue weighted by Crippen LogP contribution is -2.43. The lowest BCUT2D eigenvalue weighted by molar-refractivity contribution is -0.117. The van der Waals surface area contributed by atoms with Gasteiger partial charge in [0.2, 0.25) is 5.91 Å². The number of thiophene rings is 1. The maximum absolute atomic E-state index is 14.7. The molecule has 4 rings (SSSR count). The van der Waals surface area contributed by atoms with Gasteiger partial charge in [-0.05, 0) is 41.3 Å². The van der Waals surface area contributed by atoms with Gasteiger partial charge in [0.25, 0.3) is 5.91 Å². The van der Waals surface area contributed by atoms with Gasteiger partial charge in [0.15, 0.2) is 9.84 Å². The van der Waals surface area contributed by atoms with E-state index in [1.807, 2.05) is 0 Å². The second-order valence-electron chi connectivity index (χ2n) is 7.27. The molecule has 1 aromatic heterocycles. The van der Waals surface area contributed by atoms with Crippen molar-refractivity contribution >= 4 is 44.6 Å². The Hall–Kier alpha value is -3.64. The Morgan fingerprint density at radius 2 is 1.91 bits per heavy atom. The van der Waals surface area contributed by atoms with Crippen LogP contribution in [-0.2, 0) is 26.8 Å². The summed E-state index contributed by atoms with van der Waals surface area (Å²) in [6.45, 7) is 0. The highest BCUT2D eigenvalue weighted by molar-refractivity contribution is 7.90. The Labute approximate surface area is 195 Å². The Morgan fingerprint density at radius 3 is 2.59 bits per heavy atom. The third-order valence-corrected chi connectivity index (χ3v) is 7.87. The number of carbonyl (C=O) groups is 3. The zero-order valence-corrected chi connectivity index (χ0v) is 19.0. The van der Waals surface area contributed by atoms with Crippen LogP contribution in [0.3, 0.4) is 0 Å². The predicted molar refractivity (Wildman–Crippen MR) is 117 cm³/mol. The first-order valence-corrected chi connectivity index (χ1v) is 12.1. The van der Waals surface area contributed by atoms with E-state index in [-0.39, 0.29) is 33.7 Å². The van der Waals surface area contributed by atoms with Crippen LogP contribution in [-0.4, -0.2) is 38.4 Å². The van der Waals surface area contributed by atoms with E-state index in [1.165, 1.54) is 24.6 Å². The van der Waals surface area contributed by atoms with E-state index in [0.717, 1.165) is 35.6 Å². The molecule has 0 unspecified atom stereocenters. The zero-order chi connectivity index (χ0) is 24.8. The number of fused-ring (bicyclic) bond motifs is 1. The summed E-state index contributed by atoms with van der Waals surface area (Å²) in [6, 6.07) is 6.28. The Balaban J connectivity index is 1.77. The first-order chi connectivity index (χ1) is 16.0. The summed E-state index contributed by atoms with van der Waals surface area (Å²) in [5.74, 6) is -6.03. The number of benzene rings is 2. The highest BCUT2D eigenvalue weighted by atomic mass is 32.2. The van der Waals surface area contributed by atoms with E-state index in [0.29, 0.717) is 4.90 Å². The van der Waals surface area contributed by atoms with Gasteiger partial charge in [-0.25, -0.2) is 26.9 Å². The summed E-state index contributed by atoms with van der Waals surface area (Å²) in [5.41, 5.74) is -0.940. The molecule has 2 amide bonds. The fraction of sp³-hybridized carbons (Fsp3) is 0.136. The maximum atomic E-state index is 14.7. The highest BCUT2D eigenvalue weighted by Gasteiger charge is 2.38. The second-order valence-corrected chi connectivity index (χ2v) is 10.1. The van der Waals surface area contributed by atoms with Crippen LogP contribution in [0.1, 0.15) is 31.2 Å². The molecule has 1 aliphatic heterocycles. The monoisotopic (exact) mass is 507 g/mol. The van der Waals surface area contributed by atoms with E-state index < -0.39 is 55.6 Å². The van der Waals surface area contributed by atoms with Crippen LogP contribution in [0.5, 0.6) is 5.75 Å². The van der Waals surface area contributed by atoms with E-state index in [1.54, 1.807) is 0 Å². The topological polar surface area (TPSA) is 118 Å². The first kappa shape index (κ1) is 23.5. The lowest BCUT2D eigenvalue weighted by Gasteiger charge is -2.26. The molecular formula is C22H15F2NO7S2. The lowest BCUT2D eigenvalue weighted by atomic mass is 10.0. The van der Waals surface area contributed by atoms with Crippen molar-refractivity contribution in [2.24, 2.45) is 0 Å². The van der Waals surface area contributed by atoms with Crippen LogP contribution in [0.2, 0.25) is 0 Å². The van der Waals surface area contributed by atoms with Gasteiger partial charge in [0, 0.05) is 5.56 Å². The van der Waals surface area contributed by atoms with Gasteiger partial charge in [-0.3, -0.25) is 9.59 Å². The third-order valence-electron chi connectivity index (χ3n) is 5.22. The first-order valence-electron chi connectivity index (χ1n) is 9.59. The molecule has 12 heteroatoms. The molecule has 2 aromatic carbocycles. The number of hydrogen-bond donors (Lipinski definition) is 1. The number of carbonyl (C=O) groups excluding carboxylic acids is 2. The average molecular weight is 507 g/mol. The number of ether oxygens (including phenoxy) is 1. The third kappa shape index (κ3) is 3.94. The van der Waals surface area contributed by atoms with Crippen LogP contribution in [0.25, 0.3) is 0 Å². The number of anilines is 1. The summed E-state index contributed by atoms with van der Waals surface area (Å²) in [6.07, 6.45) is -0.367. The minimum atomic E-state index is -4.28. The quantitative estimate of drug-likeness (QED) is 0.401. The van der Waals surface area contributed by atoms with Crippen LogP contribution in [0.15, 0.2) is 46.7 Å². The van der Waals surface area contributed by atoms with Crippen molar-refractivity contribution in [1.29, 1.82) is 0 Å². The fourth-order valence-electron chi connectivity index (χ4n) is 3.63. The number of rotatable bonds is 6. The van der Waals surface area contributed by atoms with Crippen LogP contribution in [0, 0.1) is 11.6 Å². The van der Waals surface area contributed by atoms with Gasteiger partial charge in [-0.15, -0.1) is 11.3 Å². The number of hydrogen-bond acceptors (Lipinski definition) is 7. The maximum Gasteiger partial charge on any atom is 0.346 e. The van der Waals surface area contributed by atoms with Gasteiger partial charge in [0.1, 0.15) is 22.3 Å². The number of imide groups is 1. The van der Waals surface area contributed by atoms with Crippen molar-refractivity contribution in [3.8, 4) is 5.75 Å². The number of carboxylic acid groups (broad SMARTS) is 1. The van der Waals surface area contributed by atoms with Gasteiger partial charge < -0.3 is 9.84 Å². The minimum Gasteiger partial charge on any atom is -0.496 e. The van der Waals surface area contributed by atoms with Crippen molar-refractivity contribution in [2.45, 2.75) is 17.1 Å². The molecule has 0 atom stereocenters. The fourth-order valence-corrected chi connectivity index (χ4v) is 5.92.